The summed E-state index contributed by atoms with van der Waals surface area (Å²) >= 11 is 5.89. The molecule has 0 saturated carbocycles. The van der Waals surface area contributed by atoms with E-state index in [1.54, 1.807) is 0 Å². The lowest BCUT2D eigenvalue weighted by Crippen LogP contribution is -2.34. The number of nitrogens with zero attached hydrogens (tertiary/aromatic N) is 1. The topological polar surface area (TPSA) is 83.9 Å². The Morgan fingerprint density at radius 3 is 2.17 bits per heavy atom. The Morgan fingerprint density at radius 1 is 1.11 bits per heavy atom. The maximum Gasteiger partial charge on any atom is 0.416 e. The zero-order valence-electron chi connectivity index (χ0n) is 18.2. The third kappa shape index (κ3) is 5.54. The second-order valence-electron chi connectivity index (χ2n) is 7.92. The summed E-state index contributed by atoms with van der Waals surface area (Å²) in [6.45, 7) is -0.938. The number of halogens is 8. The smallest absolute Gasteiger partial charge is 0.416 e. The number of hydrogen-bond donors (Lipinski definition) is 1. The molecule has 0 aliphatic heterocycles. The molecule has 6 nitrogen and oxygen atoms in total. The lowest BCUT2D eigenvalue weighted by Gasteiger charge is -2.34. The van der Waals surface area contributed by atoms with Crippen LogP contribution in [0.4, 0.5) is 30.7 Å². The zero-order chi connectivity index (χ0) is 27.2. The second kappa shape index (κ2) is 9.71. The van der Waals surface area contributed by atoms with E-state index < -0.39 is 73.6 Å². The second-order valence-corrected chi connectivity index (χ2v) is 10.3. The number of fused-ring (bicyclic) bond motifs is 1. The molecule has 3 rings (SSSR count). The van der Waals surface area contributed by atoms with Crippen LogP contribution in [-0.4, -0.2) is 37.5 Å². The van der Waals surface area contributed by atoms with E-state index in [2.05, 4.69) is 0 Å². The number of benzene rings is 2. The largest absolute Gasteiger partial charge is 0.479 e. The van der Waals surface area contributed by atoms with Crippen LogP contribution in [0.15, 0.2) is 29.2 Å². The standard InChI is InChI=1S/C21H17ClF7NO5S/c1-30(36(33,34)12-6-10(20(24,25)26)5-11(7-12)21(27,28)29)16-4-2-3-13-14(16)8-15(22)18(23)19(13)35-9-17(31)32/h5-8,16H,2-4,9H2,1H3,(H,31,32). The highest BCUT2D eigenvalue weighted by atomic mass is 35.5. The Kier molecular flexibility index (Phi) is 7.55. The number of carbonyl (C=O) groups is 1. The Hall–Kier alpha value is -2.58. The van der Waals surface area contributed by atoms with Gasteiger partial charge in [0.2, 0.25) is 10.0 Å². The normalized spacial score (nSPS) is 16.7. The molecule has 2 aromatic rings. The fourth-order valence-corrected chi connectivity index (χ4v) is 5.55. The van der Waals surface area contributed by atoms with Crippen molar-refractivity contribution in [1.29, 1.82) is 0 Å². The molecule has 0 spiro atoms. The minimum absolute atomic E-state index is 0.0636. The molecule has 15 heteroatoms. The van der Waals surface area contributed by atoms with E-state index in [9.17, 15) is 43.9 Å². The summed E-state index contributed by atoms with van der Waals surface area (Å²) in [4.78, 5) is 9.62. The van der Waals surface area contributed by atoms with E-state index in [0.29, 0.717) is 4.31 Å². The van der Waals surface area contributed by atoms with Crippen LogP contribution in [0.5, 0.6) is 5.75 Å². The minimum atomic E-state index is -5.26. The average molecular weight is 564 g/mol. The van der Waals surface area contributed by atoms with Crippen molar-refractivity contribution in [2.75, 3.05) is 13.7 Å². The van der Waals surface area contributed by atoms with Gasteiger partial charge < -0.3 is 9.84 Å². The highest BCUT2D eigenvalue weighted by Gasteiger charge is 2.40. The van der Waals surface area contributed by atoms with Gasteiger partial charge in [0.05, 0.1) is 27.1 Å². The highest BCUT2D eigenvalue weighted by molar-refractivity contribution is 7.89. The number of ether oxygens (including phenoxy) is 1. The number of carboxylic acids is 1. The van der Waals surface area contributed by atoms with Crippen molar-refractivity contribution in [3.8, 4) is 5.75 Å². The predicted molar refractivity (Wildman–Crippen MR) is 112 cm³/mol. The molecule has 198 valence electrons. The Bertz CT molecular complexity index is 1260. The van der Waals surface area contributed by atoms with E-state index in [1.807, 2.05) is 0 Å². The number of carboxylic acid groups (broad SMARTS) is 1. The number of sulfonamides is 1. The summed E-state index contributed by atoms with van der Waals surface area (Å²) in [5.41, 5.74) is -3.43. The molecule has 2 aromatic carbocycles. The van der Waals surface area contributed by atoms with Crippen molar-refractivity contribution >= 4 is 27.6 Å². The van der Waals surface area contributed by atoms with E-state index >= 15 is 0 Å². The Labute approximate surface area is 205 Å². The zero-order valence-corrected chi connectivity index (χ0v) is 19.7. The molecule has 1 N–H and O–H groups in total. The molecule has 0 radical (unpaired) electrons. The Balaban J connectivity index is 2.13. The van der Waals surface area contributed by atoms with Crippen LogP contribution in [0.3, 0.4) is 0 Å². The van der Waals surface area contributed by atoms with Gasteiger partial charge >= 0.3 is 18.3 Å². The van der Waals surface area contributed by atoms with Gasteiger partial charge in [-0.25, -0.2) is 17.6 Å². The first kappa shape index (κ1) is 28.0. The molecule has 1 unspecified atom stereocenters. The minimum Gasteiger partial charge on any atom is -0.479 e. The van der Waals surface area contributed by atoms with Gasteiger partial charge in [-0.1, -0.05) is 11.6 Å². The summed E-state index contributed by atoms with van der Waals surface area (Å²) in [6, 6.07) is -0.0897. The first-order valence-corrected chi connectivity index (χ1v) is 11.9. The number of aliphatic carboxylic acids is 1. The van der Waals surface area contributed by atoms with Crippen molar-refractivity contribution < 1.29 is 53.8 Å². The van der Waals surface area contributed by atoms with Crippen LogP contribution in [0.2, 0.25) is 5.02 Å². The van der Waals surface area contributed by atoms with Crippen molar-refractivity contribution in [2.24, 2.45) is 0 Å². The third-order valence-electron chi connectivity index (χ3n) is 5.59. The molecule has 0 amide bonds. The van der Waals surface area contributed by atoms with Crippen LogP contribution in [0.25, 0.3) is 0 Å². The first-order valence-electron chi connectivity index (χ1n) is 10.1. The monoisotopic (exact) mass is 563 g/mol. The maximum atomic E-state index is 14.6. The molecular formula is C21H17ClF7NO5S. The van der Waals surface area contributed by atoms with Gasteiger partial charge in [-0.05, 0) is 49.1 Å². The van der Waals surface area contributed by atoms with Crippen LogP contribution in [0, 0.1) is 5.82 Å². The van der Waals surface area contributed by atoms with Crippen molar-refractivity contribution in [3.05, 3.63) is 57.4 Å². The predicted octanol–water partition coefficient (Wildman–Crippen LogP) is 5.68. The quantitative estimate of drug-likeness (QED) is 0.457. The van der Waals surface area contributed by atoms with Gasteiger partial charge in [0.25, 0.3) is 0 Å². The highest BCUT2D eigenvalue weighted by Crippen LogP contribution is 2.44. The van der Waals surface area contributed by atoms with Crippen molar-refractivity contribution in [1.82, 2.24) is 4.31 Å². The Morgan fingerprint density at radius 2 is 1.67 bits per heavy atom. The molecule has 0 aromatic heterocycles. The summed E-state index contributed by atoms with van der Waals surface area (Å²) in [7, 11) is -3.99. The average Bonchev–Trinajstić information content (AvgIpc) is 2.77. The molecule has 36 heavy (non-hydrogen) atoms. The number of alkyl halides is 6. The lowest BCUT2D eigenvalue weighted by molar-refractivity contribution is -0.143. The molecule has 0 heterocycles. The fourth-order valence-electron chi connectivity index (χ4n) is 3.91. The van der Waals surface area contributed by atoms with Gasteiger partial charge in [0.15, 0.2) is 18.2 Å². The summed E-state index contributed by atoms with van der Waals surface area (Å²) in [5, 5.41) is 8.31. The van der Waals surface area contributed by atoms with E-state index in [0.717, 1.165) is 13.1 Å². The molecule has 1 aliphatic rings. The fraction of sp³-hybridized carbons (Fsp3) is 0.381. The molecule has 0 fully saturated rings. The van der Waals surface area contributed by atoms with Crippen molar-refractivity contribution in [3.63, 3.8) is 0 Å². The number of hydrogen-bond acceptors (Lipinski definition) is 4. The first-order chi connectivity index (χ1) is 16.4. The van der Waals surface area contributed by atoms with Gasteiger partial charge in [-0.2, -0.15) is 30.6 Å². The van der Waals surface area contributed by atoms with E-state index in [-0.39, 0.29) is 48.6 Å². The van der Waals surface area contributed by atoms with Gasteiger partial charge in [-0.15, -0.1) is 0 Å². The number of rotatable bonds is 6. The molecule has 1 aliphatic carbocycles. The van der Waals surface area contributed by atoms with E-state index in [1.165, 1.54) is 0 Å². The van der Waals surface area contributed by atoms with Crippen LogP contribution >= 0.6 is 11.6 Å². The lowest BCUT2D eigenvalue weighted by atomic mass is 9.87. The maximum absolute atomic E-state index is 14.6. The molecular weight excluding hydrogens is 547 g/mol. The van der Waals surface area contributed by atoms with Crippen molar-refractivity contribution in [2.45, 2.75) is 42.6 Å². The van der Waals surface area contributed by atoms with Crippen LogP contribution < -0.4 is 4.74 Å². The summed E-state index contributed by atoms with van der Waals surface area (Å²) in [5.74, 6) is -3.04. The molecule has 0 saturated heterocycles. The summed E-state index contributed by atoms with van der Waals surface area (Å²) in [6.07, 6.45) is -10.1. The molecule has 0 bridgehead atoms. The van der Waals surface area contributed by atoms with Gasteiger partial charge in [-0.3, -0.25) is 0 Å². The molecule has 1 atom stereocenters. The van der Waals surface area contributed by atoms with Gasteiger partial charge in [0, 0.05) is 12.6 Å². The summed E-state index contributed by atoms with van der Waals surface area (Å²) < 4.78 is 126. The van der Waals surface area contributed by atoms with Crippen LogP contribution in [0.1, 0.15) is 41.1 Å². The third-order valence-corrected chi connectivity index (χ3v) is 7.71. The van der Waals surface area contributed by atoms with Gasteiger partial charge in [0.1, 0.15) is 0 Å². The van der Waals surface area contributed by atoms with E-state index in [4.69, 9.17) is 21.4 Å². The SMILES string of the molecule is CN(C1CCCc2c1cc(Cl)c(F)c2OCC(=O)O)S(=O)(=O)c1cc(C(F)(F)F)cc(C(F)(F)F)c1. The van der Waals surface area contributed by atoms with Crippen LogP contribution in [-0.2, 0) is 33.6 Å².